The van der Waals surface area contributed by atoms with Crippen LogP contribution < -0.4 is 10.8 Å². The van der Waals surface area contributed by atoms with Crippen LogP contribution in [0.25, 0.3) is 0 Å². The molecule has 0 amide bonds. The standard InChI is InChI=1S/C16H21BrFN6O4P/c1-27-29(2,26)24-7-3-4-11(9-24)20-16-14(22-28-23-16)15(21-25)19-10-5-6-13(18)12(17)8-10/h5-6,8,11,25H,3-4,7,9H2,1-2H3,(H,19,21)(H,20,23). The maximum atomic E-state index is 13.4. The van der Waals surface area contributed by atoms with Crippen LogP contribution in [0.2, 0.25) is 0 Å². The summed E-state index contributed by atoms with van der Waals surface area (Å²) in [6.07, 6.45) is 1.64. The first-order valence-corrected chi connectivity index (χ1v) is 11.6. The lowest BCUT2D eigenvalue weighted by molar-refractivity contribution is 0.234. The van der Waals surface area contributed by atoms with Crippen molar-refractivity contribution in [3.8, 4) is 0 Å². The Morgan fingerprint density at radius 1 is 1.52 bits per heavy atom. The normalized spacial score (nSPS) is 20.3. The van der Waals surface area contributed by atoms with E-state index < -0.39 is 13.3 Å². The van der Waals surface area contributed by atoms with E-state index in [9.17, 15) is 14.2 Å². The summed E-state index contributed by atoms with van der Waals surface area (Å²) in [5.74, 6) is -0.196. The van der Waals surface area contributed by atoms with E-state index in [1.807, 2.05) is 5.48 Å². The van der Waals surface area contributed by atoms with Gasteiger partial charge in [-0.1, -0.05) is 0 Å². The Kier molecular flexibility index (Phi) is 7.01. The summed E-state index contributed by atoms with van der Waals surface area (Å²) in [6.45, 7) is 2.74. The Morgan fingerprint density at radius 2 is 2.31 bits per heavy atom. The summed E-state index contributed by atoms with van der Waals surface area (Å²) in [5, 5.41) is 20.4. The van der Waals surface area contributed by atoms with E-state index in [0.717, 1.165) is 12.8 Å². The Balaban J connectivity index is 1.79. The van der Waals surface area contributed by atoms with Crippen LogP contribution in [-0.4, -0.2) is 58.9 Å². The number of hydroxylamine groups is 1. The molecular formula is C16H21BrFN6O4P. The molecule has 0 bridgehead atoms. The zero-order valence-electron chi connectivity index (χ0n) is 15.8. The fourth-order valence-electron chi connectivity index (χ4n) is 2.97. The summed E-state index contributed by atoms with van der Waals surface area (Å²) in [5.41, 5.74) is 2.49. The topological polar surface area (TPSA) is 125 Å². The maximum absolute atomic E-state index is 13.4. The number of aliphatic imine (C=N–C) groups is 1. The number of rotatable bonds is 6. The summed E-state index contributed by atoms with van der Waals surface area (Å²) in [6, 6.07) is 4.06. The molecule has 0 radical (unpaired) electrons. The van der Waals surface area contributed by atoms with Gasteiger partial charge in [0.25, 0.3) is 7.52 Å². The predicted octanol–water partition coefficient (Wildman–Crippen LogP) is 3.37. The highest BCUT2D eigenvalue weighted by Gasteiger charge is 2.31. The first kappa shape index (κ1) is 21.8. The lowest BCUT2D eigenvalue weighted by Gasteiger charge is -2.35. The Bertz CT molecular complexity index is 942. The molecule has 1 aromatic heterocycles. The van der Waals surface area contributed by atoms with Gasteiger partial charge in [-0.3, -0.25) is 15.3 Å². The van der Waals surface area contributed by atoms with Crippen molar-refractivity contribution in [2.45, 2.75) is 18.9 Å². The van der Waals surface area contributed by atoms with E-state index in [1.165, 1.54) is 25.3 Å². The quantitative estimate of drug-likeness (QED) is 0.241. The summed E-state index contributed by atoms with van der Waals surface area (Å²) in [7, 11) is -1.41. The first-order chi connectivity index (χ1) is 13.8. The molecule has 2 aromatic rings. The third-order valence-corrected chi connectivity index (χ3v) is 7.23. The third kappa shape index (κ3) is 5.20. The molecule has 0 saturated carbocycles. The highest BCUT2D eigenvalue weighted by Crippen LogP contribution is 2.47. The van der Waals surface area contributed by atoms with Crippen LogP contribution in [0, 0.1) is 5.82 Å². The Labute approximate surface area is 175 Å². The van der Waals surface area contributed by atoms with Crippen LogP contribution in [0.1, 0.15) is 18.5 Å². The van der Waals surface area contributed by atoms with Crippen LogP contribution in [0.4, 0.5) is 15.9 Å². The molecule has 1 aromatic carbocycles. The maximum Gasteiger partial charge on any atom is 0.269 e. The number of hydrogen-bond donors (Lipinski definition) is 3. The third-order valence-electron chi connectivity index (χ3n) is 4.56. The number of nitrogens with one attached hydrogen (secondary N) is 2. The van der Waals surface area contributed by atoms with Crippen LogP contribution in [0.5, 0.6) is 0 Å². The first-order valence-electron chi connectivity index (χ1n) is 8.76. The lowest BCUT2D eigenvalue weighted by Crippen LogP contribution is -2.40. The second kappa shape index (κ2) is 9.31. The molecule has 1 aliphatic rings. The molecule has 1 fully saturated rings. The van der Waals surface area contributed by atoms with Gasteiger partial charge in [0, 0.05) is 32.9 Å². The van der Waals surface area contributed by atoms with Gasteiger partial charge in [-0.05, 0) is 57.3 Å². The largest absolute Gasteiger partial charge is 0.361 e. The minimum Gasteiger partial charge on any atom is -0.361 e. The average molecular weight is 491 g/mol. The highest BCUT2D eigenvalue weighted by molar-refractivity contribution is 9.10. The summed E-state index contributed by atoms with van der Waals surface area (Å²) in [4.78, 5) is 4.22. The second-order valence-electron chi connectivity index (χ2n) is 6.51. The molecule has 0 spiro atoms. The fourth-order valence-corrected chi connectivity index (χ4v) is 4.56. The Hall–Kier alpha value is -1.85. The minimum atomic E-state index is -2.84. The molecule has 2 heterocycles. The van der Waals surface area contributed by atoms with Crippen molar-refractivity contribution in [1.29, 1.82) is 0 Å². The summed E-state index contributed by atoms with van der Waals surface area (Å²) < 4.78 is 37.9. The molecule has 3 rings (SSSR count). The molecule has 10 nitrogen and oxygen atoms in total. The van der Waals surface area contributed by atoms with Crippen LogP contribution in [-0.2, 0) is 9.09 Å². The number of halogens is 2. The van der Waals surface area contributed by atoms with Crippen molar-refractivity contribution in [3.63, 3.8) is 0 Å². The van der Waals surface area contributed by atoms with E-state index in [-0.39, 0.29) is 27.9 Å². The Morgan fingerprint density at radius 3 is 3.00 bits per heavy atom. The van der Waals surface area contributed by atoms with Crippen LogP contribution in [0.15, 0.2) is 32.3 Å². The molecule has 3 N–H and O–H groups in total. The van der Waals surface area contributed by atoms with E-state index >= 15 is 0 Å². The second-order valence-corrected chi connectivity index (χ2v) is 9.90. The number of aromatic nitrogens is 2. The van der Waals surface area contributed by atoms with Crippen molar-refractivity contribution in [1.82, 2.24) is 20.5 Å². The minimum absolute atomic E-state index is 0.0296. The van der Waals surface area contributed by atoms with Gasteiger partial charge >= 0.3 is 0 Å². The van der Waals surface area contributed by atoms with Crippen molar-refractivity contribution in [2.75, 3.05) is 32.2 Å². The molecule has 13 heteroatoms. The molecule has 0 aliphatic carbocycles. The smallest absolute Gasteiger partial charge is 0.269 e. The van der Waals surface area contributed by atoms with Crippen molar-refractivity contribution in [2.24, 2.45) is 4.99 Å². The van der Waals surface area contributed by atoms with Crippen molar-refractivity contribution >= 4 is 40.8 Å². The monoisotopic (exact) mass is 490 g/mol. The van der Waals surface area contributed by atoms with Crippen LogP contribution in [0.3, 0.4) is 0 Å². The van der Waals surface area contributed by atoms with Crippen LogP contribution >= 0.6 is 23.4 Å². The summed E-state index contributed by atoms with van der Waals surface area (Å²) >= 11 is 3.09. The number of anilines is 1. The number of benzene rings is 1. The fraction of sp³-hybridized carbons (Fsp3) is 0.438. The average Bonchev–Trinajstić information content (AvgIpc) is 3.17. The molecule has 158 valence electrons. The van der Waals surface area contributed by atoms with E-state index in [4.69, 9.17) is 9.15 Å². The van der Waals surface area contributed by atoms with Gasteiger partial charge in [-0.15, -0.1) is 0 Å². The van der Waals surface area contributed by atoms with E-state index in [1.54, 1.807) is 11.3 Å². The molecule has 1 saturated heterocycles. The zero-order valence-corrected chi connectivity index (χ0v) is 18.3. The van der Waals surface area contributed by atoms with Gasteiger partial charge in [0.15, 0.2) is 11.5 Å². The highest BCUT2D eigenvalue weighted by atomic mass is 79.9. The van der Waals surface area contributed by atoms with Gasteiger partial charge in [0.05, 0.1) is 10.2 Å². The lowest BCUT2D eigenvalue weighted by atomic mass is 10.1. The molecule has 1 aliphatic heterocycles. The predicted molar refractivity (Wildman–Crippen MR) is 108 cm³/mol. The molecule has 2 unspecified atom stereocenters. The van der Waals surface area contributed by atoms with Crippen molar-refractivity contribution < 1.29 is 23.3 Å². The number of hydrogen-bond acceptors (Lipinski definition) is 8. The molecule has 29 heavy (non-hydrogen) atoms. The van der Waals surface area contributed by atoms with Gasteiger partial charge in [0.1, 0.15) is 5.82 Å². The van der Waals surface area contributed by atoms with Gasteiger partial charge in [-0.25, -0.2) is 18.7 Å². The number of piperidine rings is 1. The van der Waals surface area contributed by atoms with E-state index in [2.05, 4.69) is 36.6 Å². The molecule has 2 atom stereocenters. The van der Waals surface area contributed by atoms with E-state index in [0.29, 0.717) is 18.8 Å². The van der Waals surface area contributed by atoms with Gasteiger partial charge in [0.2, 0.25) is 5.82 Å². The molecular weight excluding hydrogens is 470 g/mol. The van der Waals surface area contributed by atoms with Crippen molar-refractivity contribution in [3.05, 3.63) is 34.2 Å². The SMILES string of the molecule is COP(C)(=O)N1CCCC(Nc2nonc2C(=Nc2ccc(F)c(Br)c2)NO)C1. The number of nitrogens with zero attached hydrogens (tertiary/aromatic N) is 4. The van der Waals surface area contributed by atoms with Gasteiger partial charge in [-0.2, -0.15) is 0 Å². The zero-order chi connectivity index (χ0) is 21.0. The van der Waals surface area contributed by atoms with Gasteiger partial charge < -0.3 is 9.84 Å². The number of amidine groups is 1.